The van der Waals surface area contributed by atoms with Gasteiger partial charge >= 0.3 is 0 Å². The van der Waals surface area contributed by atoms with E-state index in [9.17, 15) is 13.7 Å². The molecule has 0 fully saturated rings. The summed E-state index contributed by atoms with van der Waals surface area (Å²) in [5.41, 5.74) is 0.428. The van der Waals surface area contributed by atoms with E-state index in [2.05, 4.69) is 6.07 Å². The van der Waals surface area contributed by atoms with Gasteiger partial charge in [0.15, 0.2) is 0 Å². The molecule has 0 saturated carbocycles. The third kappa shape index (κ3) is 4.03. The highest BCUT2D eigenvalue weighted by Crippen LogP contribution is 2.38. The van der Waals surface area contributed by atoms with Gasteiger partial charge in [0.05, 0.1) is 18.2 Å². The van der Waals surface area contributed by atoms with Crippen molar-refractivity contribution in [1.82, 2.24) is 4.31 Å². The highest BCUT2D eigenvalue weighted by molar-refractivity contribution is 7.90. The molecule has 0 radical (unpaired) electrons. The fraction of sp³-hybridized carbons (Fsp3) is 0.588. The lowest BCUT2D eigenvalue weighted by molar-refractivity contribution is 0.375. The van der Waals surface area contributed by atoms with Gasteiger partial charge in [-0.05, 0) is 25.8 Å². The zero-order chi connectivity index (χ0) is 18.2. The molecule has 1 aliphatic rings. The van der Waals surface area contributed by atoms with E-state index in [1.807, 2.05) is 12.1 Å². The van der Waals surface area contributed by atoms with Crippen LogP contribution in [0.1, 0.15) is 39.5 Å². The fourth-order valence-electron chi connectivity index (χ4n) is 2.68. The van der Waals surface area contributed by atoms with Crippen LogP contribution in [0.3, 0.4) is 0 Å². The Morgan fingerprint density at radius 1 is 1.17 bits per heavy atom. The van der Waals surface area contributed by atoms with Crippen LogP contribution in [0.15, 0.2) is 23.8 Å². The van der Waals surface area contributed by atoms with Crippen molar-refractivity contribution in [3.63, 3.8) is 0 Å². The highest BCUT2D eigenvalue weighted by Gasteiger charge is 2.47. The third-order valence-electron chi connectivity index (χ3n) is 4.45. The molecule has 7 heteroatoms. The molecule has 0 aromatic carbocycles. The molecule has 1 rings (SSSR count). The summed E-state index contributed by atoms with van der Waals surface area (Å²) in [5.74, 6) is -0.466. The second-order valence-corrected chi connectivity index (χ2v) is 8.27. The van der Waals surface area contributed by atoms with Crippen molar-refractivity contribution in [2.45, 2.75) is 44.3 Å². The summed E-state index contributed by atoms with van der Waals surface area (Å²) in [5, 5.41) is 26.6. The van der Waals surface area contributed by atoms with E-state index in [-0.39, 0.29) is 25.9 Å². The van der Waals surface area contributed by atoms with Crippen LogP contribution in [0.2, 0.25) is 0 Å². The van der Waals surface area contributed by atoms with Crippen molar-refractivity contribution in [3.05, 3.63) is 23.8 Å². The van der Waals surface area contributed by atoms with Crippen molar-refractivity contribution >= 4 is 10.0 Å². The Balaban J connectivity index is 3.12. The minimum atomic E-state index is -3.74. The number of unbranched alkanes of at least 4 members (excludes halogenated alkanes) is 2. The predicted octanol–water partition coefficient (Wildman–Crippen LogP) is 2.64. The molecule has 2 unspecified atom stereocenters. The largest absolute Gasteiger partial charge is 0.223 e. The Kier molecular flexibility index (Phi) is 7.17. The monoisotopic (exact) mass is 346 g/mol. The van der Waals surface area contributed by atoms with Gasteiger partial charge in [-0.3, -0.25) is 0 Å². The first kappa shape index (κ1) is 19.9. The first-order chi connectivity index (χ1) is 11.3. The van der Waals surface area contributed by atoms with Crippen LogP contribution in [0.25, 0.3) is 0 Å². The molecule has 24 heavy (non-hydrogen) atoms. The van der Waals surface area contributed by atoms with E-state index >= 15 is 0 Å². The van der Waals surface area contributed by atoms with Gasteiger partial charge in [-0.2, -0.15) is 15.8 Å². The molecule has 0 N–H and O–H groups in total. The van der Waals surface area contributed by atoms with Crippen LogP contribution in [-0.4, -0.2) is 30.6 Å². The molecule has 6 nitrogen and oxygen atoms in total. The second-order valence-electron chi connectivity index (χ2n) is 5.93. The van der Waals surface area contributed by atoms with Gasteiger partial charge in [0.25, 0.3) is 0 Å². The molecule has 2 atom stereocenters. The molecule has 1 aliphatic carbocycles. The molecular formula is C17H22N4O2S. The minimum Gasteiger partial charge on any atom is -0.211 e. The zero-order valence-corrected chi connectivity index (χ0v) is 14.9. The van der Waals surface area contributed by atoms with Gasteiger partial charge in [0.1, 0.15) is 4.75 Å². The lowest BCUT2D eigenvalue weighted by atomic mass is 9.84. The van der Waals surface area contributed by atoms with Crippen LogP contribution in [-0.2, 0) is 10.0 Å². The smallest absolute Gasteiger partial charge is 0.211 e. The summed E-state index contributed by atoms with van der Waals surface area (Å²) in [6.07, 6.45) is 6.30. The molecule has 0 spiro atoms. The van der Waals surface area contributed by atoms with Crippen molar-refractivity contribution in [2.24, 2.45) is 5.92 Å². The van der Waals surface area contributed by atoms with E-state index in [0.29, 0.717) is 18.4 Å². The lowest BCUT2D eigenvalue weighted by Gasteiger charge is -2.38. The van der Waals surface area contributed by atoms with Crippen LogP contribution in [0.5, 0.6) is 0 Å². The number of nitrogens with zero attached hydrogens (tertiary/aromatic N) is 4. The summed E-state index contributed by atoms with van der Waals surface area (Å²) in [6.45, 7) is 3.83. The van der Waals surface area contributed by atoms with Gasteiger partial charge in [-0.1, -0.05) is 19.1 Å². The van der Waals surface area contributed by atoms with E-state index < -0.39 is 20.7 Å². The van der Waals surface area contributed by atoms with Crippen molar-refractivity contribution in [3.8, 4) is 18.2 Å². The molecule has 128 valence electrons. The molecule has 0 saturated heterocycles. The van der Waals surface area contributed by atoms with Gasteiger partial charge in [-0.25, -0.2) is 12.7 Å². The Labute approximate surface area is 144 Å². The van der Waals surface area contributed by atoms with Gasteiger partial charge < -0.3 is 0 Å². The average molecular weight is 346 g/mol. The number of sulfonamides is 1. The summed E-state index contributed by atoms with van der Waals surface area (Å²) >= 11 is 0. The van der Waals surface area contributed by atoms with Gasteiger partial charge in [0.2, 0.25) is 10.0 Å². The maximum absolute atomic E-state index is 13.2. The number of rotatable bonds is 8. The van der Waals surface area contributed by atoms with Crippen LogP contribution in [0.4, 0.5) is 0 Å². The lowest BCUT2D eigenvalue weighted by Crippen LogP contribution is -2.50. The third-order valence-corrected chi connectivity index (χ3v) is 7.09. The van der Waals surface area contributed by atoms with Crippen LogP contribution in [0, 0.1) is 39.9 Å². The molecule has 0 aromatic heterocycles. The fourth-order valence-corrected chi connectivity index (χ4v) is 4.80. The first-order valence-electron chi connectivity index (χ1n) is 7.88. The Morgan fingerprint density at radius 2 is 1.71 bits per heavy atom. The summed E-state index contributed by atoms with van der Waals surface area (Å²) in [6, 6.07) is 6.10. The predicted molar refractivity (Wildman–Crippen MR) is 90.6 cm³/mol. The zero-order valence-electron chi connectivity index (χ0n) is 14.1. The van der Waals surface area contributed by atoms with Crippen molar-refractivity contribution in [2.75, 3.05) is 13.1 Å². The summed E-state index contributed by atoms with van der Waals surface area (Å²) < 4.78 is 26.6. The maximum Gasteiger partial charge on any atom is 0.223 e. The average Bonchev–Trinajstić information content (AvgIpc) is 2.56. The molecule has 0 amide bonds. The SMILES string of the molecule is CC1C(C#N)=CC=CC1(C)S(=O)(=O)N(CCCC#N)CCCC#N. The van der Waals surface area contributed by atoms with E-state index in [1.165, 1.54) is 4.31 Å². The number of hydrogen-bond donors (Lipinski definition) is 0. The van der Waals surface area contributed by atoms with Crippen LogP contribution >= 0.6 is 0 Å². The quantitative estimate of drug-likeness (QED) is 0.628. The number of nitriles is 3. The van der Waals surface area contributed by atoms with E-state index in [0.717, 1.165) is 0 Å². The standard InChI is InChI=1S/C17H22N4O2S/c1-15-16(14-20)8-7-9-17(15,2)24(22,23)21(12-5-3-10-18)13-6-4-11-19/h7-9,15H,3-6,12-13H2,1-2H3. The van der Waals surface area contributed by atoms with Crippen LogP contribution < -0.4 is 0 Å². The molecule has 0 bridgehead atoms. The van der Waals surface area contributed by atoms with Gasteiger partial charge in [-0.15, -0.1) is 0 Å². The molecular weight excluding hydrogens is 324 g/mol. The number of allylic oxidation sites excluding steroid dienone is 3. The van der Waals surface area contributed by atoms with Gasteiger partial charge in [0, 0.05) is 37.4 Å². The Hall–Kier alpha value is -2.14. The summed E-state index contributed by atoms with van der Waals surface area (Å²) in [4.78, 5) is 0. The van der Waals surface area contributed by atoms with E-state index in [1.54, 1.807) is 32.1 Å². The number of hydrogen-bond acceptors (Lipinski definition) is 5. The van der Waals surface area contributed by atoms with Crippen molar-refractivity contribution < 1.29 is 8.42 Å². The second kappa shape index (κ2) is 8.64. The highest BCUT2D eigenvalue weighted by atomic mass is 32.2. The topological polar surface area (TPSA) is 109 Å². The molecule has 0 heterocycles. The normalized spacial score (nSPS) is 23.2. The van der Waals surface area contributed by atoms with Crippen molar-refractivity contribution in [1.29, 1.82) is 15.8 Å². The molecule has 0 aliphatic heterocycles. The molecule has 0 aromatic rings. The summed E-state index contributed by atoms with van der Waals surface area (Å²) in [7, 11) is -3.74. The maximum atomic E-state index is 13.2. The minimum absolute atomic E-state index is 0.239. The first-order valence-corrected chi connectivity index (χ1v) is 9.32. The Morgan fingerprint density at radius 3 is 2.17 bits per heavy atom. The van der Waals surface area contributed by atoms with E-state index in [4.69, 9.17) is 10.5 Å². The Bertz CT molecular complexity index is 714.